The fourth-order valence-electron chi connectivity index (χ4n) is 5.79. The highest BCUT2D eigenvalue weighted by Crippen LogP contribution is 2.49. The minimum atomic E-state index is -3.00. The number of carbonyl (C=O) groups is 1. The number of piperidine rings is 1. The van der Waals surface area contributed by atoms with Crippen LogP contribution in [0.5, 0.6) is 0 Å². The van der Waals surface area contributed by atoms with Crippen LogP contribution >= 0.6 is 0 Å². The lowest BCUT2D eigenvalue weighted by atomic mass is 9.95. The molecule has 0 aromatic heterocycles. The molecule has 2 aromatic rings. The maximum Gasteiger partial charge on any atom is 0.410 e. The summed E-state index contributed by atoms with van der Waals surface area (Å²) in [4.78, 5) is 27.3. The Kier molecular flexibility index (Phi) is 6.98. The van der Waals surface area contributed by atoms with Crippen molar-refractivity contribution in [3.8, 4) is 0 Å². The Balaban J connectivity index is 1.49. The highest BCUT2D eigenvalue weighted by molar-refractivity contribution is 6.98. The lowest BCUT2D eigenvalue weighted by Gasteiger charge is -2.42. The van der Waals surface area contributed by atoms with E-state index < -0.39 is 13.9 Å². The molecule has 4 nitrogen and oxygen atoms in total. The Morgan fingerprint density at radius 3 is 2.03 bits per heavy atom. The highest BCUT2D eigenvalue weighted by Gasteiger charge is 2.50. The zero-order valence-corrected chi connectivity index (χ0v) is 22.5. The van der Waals surface area contributed by atoms with E-state index in [0.29, 0.717) is 5.92 Å². The molecule has 0 bridgehead atoms. The summed E-state index contributed by atoms with van der Waals surface area (Å²) >= 11 is 0. The van der Waals surface area contributed by atoms with Crippen LogP contribution in [0.3, 0.4) is 0 Å². The van der Waals surface area contributed by atoms with Crippen LogP contribution < -0.4 is 10.4 Å². The molecule has 184 valence electrons. The number of carbonyl (C=O) groups excluding carboxylic acids is 1. The molecule has 5 heteroatoms. The summed E-state index contributed by atoms with van der Waals surface area (Å²) in [5.41, 5.74) is -0.475. The van der Waals surface area contributed by atoms with Crippen LogP contribution in [0.15, 0.2) is 60.7 Å². The van der Waals surface area contributed by atoms with Gasteiger partial charge < -0.3 is 14.4 Å². The number of amides is 1. The van der Waals surface area contributed by atoms with E-state index in [0.717, 1.165) is 48.5 Å². The first-order valence-electron chi connectivity index (χ1n) is 12.8. The van der Waals surface area contributed by atoms with Gasteiger partial charge in [-0.1, -0.05) is 80.9 Å². The van der Waals surface area contributed by atoms with Gasteiger partial charge in [-0.05, 0) is 73.7 Å². The molecule has 2 aromatic carbocycles. The smallest absolute Gasteiger partial charge is 0.410 e. The standard InChI is InChI=1S/C29H41NO3Si/c1-28(2,3)33-27(31)30-21-23-19-22(23)20-24(30)13-12-18-29(4,5)34(32,25-14-8-6-9-15-25)26-16-10-7-11-17-26/h6-11,14-17,22-24,32H,12-13,18-21H2,1-5H3/t22-,23+,24-/m1/s1. The first-order chi connectivity index (χ1) is 16.0. The van der Waals surface area contributed by atoms with Gasteiger partial charge in [-0.3, -0.25) is 0 Å². The van der Waals surface area contributed by atoms with Crippen LogP contribution in [-0.4, -0.2) is 42.3 Å². The summed E-state index contributed by atoms with van der Waals surface area (Å²) in [5.74, 6) is 1.44. The number of rotatable bonds is 7. The molecule has 1 N–H and O–H groups in total. The minimum Gasteiger partial charge on any atom is -0.444 e. The zero-order chi connectivity index (χ0) is 24.6. The number of hydrogen-bond donors (Lipinski definition) is 1. The fraction of sp³-hybridized carbons (Fsp3) is 0.552. The number of ether oxygens (including phenoxy) is 1. The van der Waals surface area contributed by atoms with Crippen LogP contribution in [0.1, 0.15) is 66.7 Å². The number of hydrogen-bond acceptors (Lipinski definition) is 3. The maximum atomic E-state index is 12.9. The lowest BCUT2D eigenvalue weighted by Crippen LogP contribution is -2.65. The summed E-state index contributed by atoms with van der Waals surface area (Å²) in [5, 5.41) is 1.85. The van der Waals surface area contributed by atoms with Crippen molar-refractivity contribution in [3.63, 3.8) is 0 Å². The lowest BCUT2D eigenvalue weighted by molar-refractivity contribution is 0.00729. The summed E-state index contributed by atoms with van der Waals surface area (Å²) in [6, 6.07) is 20.7. The number of fused-ring (bicyclic) bond motifs is 1. The van der Waals surface area contributed by atoms with E-state index in [2.05, 4.69) is 38.1 Å². The van der Waals surface area contributed by atoms with Gasteiger partial charge >= 0.3 is 6.09 Å². The molecule has 2 fully saturated rings. The van der Waals surface area contributed by atoms with Crippen LogP contribution in [0, 0.1) is 11.8 Å². The predicted molar refractivity (Wildman–Crippen MR) is 141 cm³/mol. The number of benzene rings is 2. The normalized spacial score (nSPS) is 22.8. The van der Waals surface area contributed by atoms with Crippen molar-refractivity contribution in [3.05, 3.63) is 60.7 Å². The number of nitrogens with zero attached hydrogens (tertiary/aromatic N) is 1. The van der Waals surface area contributed by atoms with E-state index in [1.165, 1.54) is 6.42 Å². The van der Waals surface area contributed by atoms with E-state index in [1.54, 1.807) is 0 Å². The molecule has 1 aliphatic heterocycles. The van der Waals surface area contributed by atoms with Gasteiger partial charge in [-0.2, -0.15) is 0 Å². The van der Waals surface area contributed by atoms with Gasteiger partial charge in [0.25, 0.3) is 8.32 Å². The molecule has 4 rings (SSSR count). The van der Waals surface area contributed by atoms with Crippen LogP contribution in [0.4, 0.5) is 4.79 Å². The fourth-order valence-corrected chi connectivity index (χ4v) is 9.57. The van der Waals surface area contributed by atoms with E-state index in [-0.39, 0.29) is 17.2 Å². The van der Waals surface area contributed by atoms with E-state index in [1.807, 2.05) is 62.1 Å². The maximum absolute atomic E-state index is 12.9. The van der Waals surface area contributed by atoms with Crippen molar-refractivity contribution in [2.45, 2.75) is 83.4 Å². The molecule has 1 aliphatic carbocycles. The Morgan fingerprint density at radius 2 is 1.50 bits per heavy atom. The molecule has 0 spiro atoms. The second kappa shape index (κ2) is 9.50. The van der Waals surface area contributed by atoms with E-state index >= 15 is 0 Å². The molecule has 1 saturated heterocycles. The second-order valence-corrected chi connectivity index (χ2v) is 15.9. The van der Waals surface area contributed by atoms with Crippen molar-refractivity contribution in [2.24, 2.45) is 11.8 Å². The quantitative estimate of drug-likeness (QED) is 0.546. The average molecular weight is 480 g/mol. The van der Waals surface area contributed by atoms with Gasteiger partial charge in [0.2, 0.25) is 0 Å². The Hall–Kier alpha value is -2.11. The number of likely N-dealkylation sites (tertiary alicyclic amines) is 1. The van der Waals surface area contributed by atoms with Crippen molar-refractivity contribution in [1.29, 1.82) is 0 Å². The molecule has 3 atom stereocenters. The molecule has 1 amide bonds. The third kappa shape index (κ3) is 5.26. The Labute approximate surface area is 206 Å². The first kappa shape index (κ1) is 25.0. The SMILES string of the molecule is CC(C)(C)OC(=O)N1C[C@@H]2C[C@@H]2C[C@H]1CCCC(C)(C)[Si](O)(c1ccccc1)c1ccccc1. The van der Waals surface area contributed by atoms with Crippen LogP contribution in [0.2, 0.25) is 5.04 Å². The second-order valence-electron chi connectivity index (χ2n) is 12.0. The van der Waals surface area contributed by atoms with Crippen LogP contribution in [0.25, 0.3) is 0 Å². The Bertz CT molecular complexity index is 930. The van der Waals surface area contributed by atoms with Gasteiger partial charge in [0.1, 0.15) is 5.60 Å². The summed E-state index contributed by atoms with van der Waals surface area (Å²) < 4.78 is 5.75. The summed E-state index contributed by atoms with van der Waals surface area (Å²) in [6.45, 7) is 11.1. The molecule has 1 saturated carbocycles. The molecule has 34 heavy (non-hydrogen) atoms. The summed E-state index contributed by atoms with van der Waals surface area (Å²) in [6.07, 6.45) is 5.01. The monoisotopic (exact) mass is 479 g/mol. The average Bonchev–Trinajstić information content (AvgIpc) is 3.56. The molecular formula is C29H41NO3Si. The first-order valence-corrected chi connectivity index (χ1v) is 14.8. The highest BCUT2D eigenvalue weighted by atomic mass is 28.4. The molecule has 1 heterocycles. The van der Waals surface area contributed by atoms with Crippen molar-refractivity contribution < 1.29 is 14.3 Å². The van der Waals surface area contributed by atoms with Crippen molar-refractivity contribution in [2.75, 3.05) is 6.54 Å². The van der Waals surface area contributed by atoms with Crippen molar-refractivity contribution >= 4 is 24.8 Å². The largest absolute Gasteiger partial charge is 0.444 e. The molecule has 0 radical (unpaired) electrons. The zero-order valence-electron chi connectivity index (χ0n) is 21.5. The minimum absolute atomic E-state index is 0.165. The topological polar surface area (TPSA) is 49.8 Å². The molecule has 0 unspecified atom stereocenters. The predicted octanol–water partition coefficient (Wildman–Crippen LogP) is 5.33. The summed E-state index contributed by atoms with van der Waals surface area (Å²) in [7, 11) is -3.00. The van der Waals surface area contributed by atoms with Crippen LogP contribution in [-0.2, 0) is 4.74 Å². The van der Waals surface area contributed by atoms with E-state index in [9.17, 15) is 9.59 Å². The molecule has 2 aliphatic rings. The van der Waals surface area contributed by atoms with Gasteiger partial charge in [0, 0.05) is 12.6 Å². The van der Waals surface area contributed by atoms with Gasteiger partial charge in [-0.15, -0.1) is 0 Å². The van der Waals surface area contributed by atoms with Crippen molar-refractivity contribution in [1.82, 2.24) is 4.90 Å². The molecular weight excluding hydrogens is 438 g/mol. The van der Waals surface area contributed by atoms with Gasteiger partial charge in [-0.25, -0.2) is 4.79 Å². The Morgan fingerprint density at radius 1 is 0.941 bits per heavy atom. The third-order valence-corrected chi connectivity index (χ3v) is 12.4. The third-order valence-electron chi connectivity index (χ3n) is 7.85. The van der Waals surface area contributed by atoms with E-state index in [4.69, 9.17) is 4.74 Å². The van der Waals surface area contributed by atoms with Gasteiger partial charge in [0.05, 0.1) is 0 Å². The van der Waals surface area contributed by atoms with Gasteiger partial charge in [0.15, 0.2) is 0 Å².